The Morgan fingerprint density at radius 1 is 1.16 bits per heavy atom. The van der Waals surface area contributed by atoms with Crippen molar-refractivity contribution in [3.63, 3.8) is 0 Å². The van der Waals surface area contributed by atoms with Gasteiger partial charge in [0.05, 0.1) is 12.2 Å². The Kier molecular flexibility index (Phi) is 10.4. The fraction of sp³-hybridized carbons (Fsp3) is 0.652. The number of nitrogens with zero attached hydrogens (tertiary/aromatic N) is 3. The number of halogens is 1. The van der Waals surface area contributed by atoms with E-state index in [1.165, 1.54) is 0 Å². The summed E-state index contributed by atoms with van der Waals surface area (Å²) in [5, 5.41) is 4.14. The summed E-state index contributed by atoms with van der Waals surface area (Å²) in [4.78, 5) is 21.6. The van der Waals surface area contributed by atoms with Gasteiger partial charge in [-0.05, 0) is 37.5 Å². The van der Waals surface area contributed by atoms with E-state index in [0.717, 1.165) is 35.9 Å². The molecule has 2 heterocycles. The van der Waals surface area contributed by atoms with Gasteiger partial charge < -0.3 is 19.9 Å². The summed E-state index contributed by atoms with van der Waals surface area (Å²) in [6.45, 7) is 12.7. The number of benzene rings is 1. The molecule has 2 saturated heterocycles. The van der Waals surface area contributed by atoms with Crippen LogP contribution in [0.5, 0.6) is 0 Å². The summed E-state index contributed by atoms with van der Waals surface area (Å²) >= 11 is 2.07. The van der Waals surface area contributed by atoms with Crippen molar-refractivity contribution in [3.8, 4) is 0 Å². The molecule has 1 aromatic rings. The smallest absolute Gasteiger partial charge is 0.254 e. The monoisotopic (exact) mass is 560 g/mol. The number of thioether (sulfide) groups is 1. The van der Waals surface area contributed by atoms with Crippen LogP contribution >= 0.6 is 35.7 Å². The number of aliphatic imine (C=N–C) groups is 1. The molecule has 1 N–H and O–H groups in total. The molecule has 3 atom stereocenters. The van der Waals surface area contributed by atoms with E-state index in [1.54, 1.807) is 0 Å². The van der Waals surface area contributed by atoms with Crippen LogP contribution in [0.1, 0.15) is 43.6 Å². The fourth-order valence-electron chi connectivity index (χ4n) is 4.08. The Morgan fingerprint density at radius 3 is 2.39 bits per heavy atom. The molecule has 0 radical (unpaired) electrons. The van der Waals surface area contributed by atoms with Gasteiger partial charge in [0, 0.05) is 56.3 Å². The highest BCUT2D eigenvalue weighted by Crippen LogP contribution is 2.25. The van der Waals surface area contributed by atoms with Crippen LogP contribution in [0.15, 0.2) is 29.3 Å². The molecule has 6 nitrogen and oxygen atoms in total. The molecule has 174 valence electrons. The van der Waals surface area contributed by atoms with Crippen LogP contribution < -0.4 is 5.32 Å². The van der Waals surface area contributed by atoms with Crippen LogP contribution in [0.25, 0.3) is 0 Å². The zero-order valence-corrected chi connectivity index (χ0v) is 22.5. The zero-order chi connectivity index (χ0) is 21.7. The first-order chi connectivity index (χ1) is 14.4. The predicted molar refractivity (Wildman–Crippen MR) is 141 cm³/mol. The topological polar surface area (TPSA) is 57.2 Å². The Morgan fingerprint density at radius 2 is 1.81 bits per heavy atom. The number of rotatable bonds is 4. The van der Waals surface area contributed by atoms with Crippen LogP contribution in [0, 0.1) is 5.92 Å². The lowest BCUT2D eigenvalue weighted by molar-refractivity contribution is -0.0586. The Labute approximate surface area is 208 Å². The van der Waals surface area contributed by atoms with Crippen molar-refractivity contribution in [3.05, 3.63) is 35.4 Å². The number of carbonyl (C=O) groups excluding carboxylic acids is 1. The molecule has 0 aliphatic carbocycles. The van der Waals surface area contributed by atoms with Crippen molar-refractivity contribution in [1.82, 2.24) is 15.1 Å². The van der Waals surface area contributed by atoms with Gasteiger partial charge in [-0.3, -0.25) is 9.79 Å². The maximum absolute atomic E-state index is 12.8. The Hall–Kier alpha value is -1.00. The first-order valence-corrected chi connectivity index (χ1v) is 12.0. The number of amides is 1. The largest absolute Gasteiger partial charge is 0.372 e. The van der Waals surface area contributed by atoms with Crippen LogP contribution in [-0.2, 0) is 11.3 Å². The van der Waals surface area contributed by atoms with E-state index < -0.39 is 0 Å². The van der Waals surface area contributed by atoms with E-state index in [-0.39, 0.29) is 42.1 Å². The summed E-state index contributed by atoms with van der Waals surface area (Å²) in [5.41, 5.74) is 1.88. The van der Waals surface area contributed by atoms with Crippen molar-refractivity contribution < 1.29 is 9.53 Å². The fourth-order valence-corrected chi connectivity index (χ4v) is 5.37. The minimum absolute atomic E-state index is 0. The number of hydrogen-bond donors (Lipinski definition) is 1. The molecule has 1 amide bonds. The molecule has 2 aliphatic rings. The second kappa shape index (κ2) is 12.3. The molecule has 31 heavy (non-hydrogen) atoms. The van der Waals surface area contributed by atoms with Crippen molar-refractivity contribution in [2.75, 3.05) is 39.0 Å². The lowest BCUT2D eigenvalue weighted by atomic mass is 10.1. The van der Waals surface area contributed by atoms with Crippen molar-refractivity contribution in [2.24, 2.45) is 10.9 Å². The van der Waals surface area contributed by atoms with E-state index in [4.69, 9.17) is 4.74 Å². The molecule has 0 saturated carbocycles. The highest BCUT2D eigenvalue weighted by atomic mass is 127. The van der Waals surface area contributed by atoms with Gasteiger partial charge >= 0.3 is 0 Å². The zero-order valence-electron chi connectivity index (χ0n) is 19.3. The third-order valence-electron chi connectivity index (χ3n) is 5.71. The third-order valence-corrected chi connectivity index (χ3v) is 7.25. The minimum Gasteiger partial charge on any atom is -0.372 e. The molecule has 8 heteroatoms. The molecule has 0 spiro atoms. The molecule has 1 aromatic carbocycles. The van der Waals surface area contributed by atoms with Crippen molar-refractivity contribution >= 4 is 47.6 Å². The van der Waals surface area contributed by atoms with Crippen LogP contribution in [-0.4, -0.2) is 78.1 Å². The van der Waals surface area contributed by atoms with Crippen LogP contribution in [0.2, 0.25) is 0 Å². The van der Waals surface area contributed by atoms with Gasteiger partial charge in [-0.25, -0.2) is 0 Å². The number of carbonyl (C=O) groups is 1. The van der Waals surface area contributed by atoms with Crippen LogP contribution in [0.3, 0.4) is 0 Å². The van der Waals surface area contributed by atoms with Gasteiger partial charge in [-0.2, -0.15) is 11.8 Å². The van der Waals surface area contributed by atoms with Gasteiger partial charge in [0.15, 0.2) is 5.96 Å². The van der Waals surface area contributed by atoms with Crippen molar-refractivity contribution in [1.29, 1.82) is 0 Å². The Balaban J connectivity index is 0.00000341. The van der Waals surface area contributed by atoms with Crippen molar-refractivity contribution in [2.45, 2.75) is 51.7 Å². The molecule has 0 bridgehead atoms. The minimum atomic E-state index is 0. The van der Waals surface area contributed by atoms with E-state index in [2.05, 4.69) is 40.8 Å². The number of nitrogens with one attached hydrogen (secondary N) is 1. The summed E-state index contributed by atoms with van der Waals surface area (Å²) in [6.07, 6.45) is 0.160. The second-order valence-electron chi connectivity index (χ2n) is 8.66. The number of morpholine rings is 1. The maximum Gasteiger partial charge on any atom is 0.254 e. The maximum atomic E-state index is 12.8. The molecule has 2 aliphatic heterocycles. The van der Waals surface area contributed by atoms with Crippen LogP contribution in [0.4, 0.5) is 0 Å². The highest BCUT2D eigenvalue weighted by Gasteiger charge is 2.27. The summed E-state index contributed by atoms with van der Waals surface area (Å²) in [7, 11) is 1.85. The average Bonchev–Trinajstić information content (AvgIpc) is 2.73. The Bertz CT molecular complexity index is 734. The third kappa shape index (κ3) is 7.25. The molecular formula is C23H37IN4O2S. The summed E-state index contributed by atoms with van der Waals surface area (Å²) < 4.78 is 5.74. The molecule has 2 fully saturated rings. The van der Waals surface area contributed by atoms with Gasteiger partial charge in [0.1, 0.15) is 0 Å². The van der Waals surface area contributed by atoms with Gasteiger partial charge in [0.2, 0.25) is 0 Å². The SMILES string of the molecule is CN=C(NCc1ccc(C(=O)N2CC(C)OC(C)C2)cc1)N1CCSC(C(C)C)C1.I. The quantitative estimate of drug-likeness (QED) is 0.346. The normalized spacial score (nSPS) is 24.7. The summed E-state index contributed by atoms with van der Waals surface area (Å²) in [6, 6.07) is 7.92. The first-order valence-electron chi connectivity index (χ1n) is 11.0. The number of hydrogen-bond acceptors (Lipinski definition) is 4. The number of guanidine groups is 1. The lowest BCUT2D eigenvalue weighted by Gasteiger charge is -2.36. The number of ether oxygens (including phenoxy) is 1. The molecular weight excluding hydrogens is 523 g/mol. The molecule has 3 unspecified atom stereocenters. The van der Waals surface area contributed by atoms with Gasteiger partial charge in [-0.1, -0.05) is 26.0 Å². The van der Waals surface area contributed by atoms with Gasteiger partial charge in [-0.15, -0.1) is 24.0 Å². The molecule has 0 aromatic heterocycles. The van der Waals surface area contributed by atoms with E-state index >= 15 is 0 Å². The second-order valence-corrected chi connectivity index (χ2v) is 10.0. The highest BCUT2D eigenvalue weighted by molar-refractivity contribution is 14.0. The first kappa shape index (κ1) is 26.3. The van der Waals surface area contributed by atoms with Gasteiger partial charge in [0.25, 0.3) is 5.91 Å². The lowest BCUT2D eigenvalue weighted by Crippen LogP contribution is -2.48. The average molecular weight is 561 g/mol. The summed E-state index contributed by atoms with van der Waals surface area (Å²) in [5.74, 6) is 2.84. The van der Waals surface area contributed by atoms with E-state index in [0.29, 0.717) is 30.8 Å². The predicted octanol–water partition coefficient (Wildman–Crippen LogP) is 3.70. The van der Waals surface area contributed by atoms with E-state index in [9.17, 15) is 4.79 Å². The standard InChI is InChI=1S/C23H36N4O2S.HI/c1-16(2)21-15-26(10-11-30-21)23(24-5)25-12-19-6-8-20(9-7-19)22(28)27-13-17(3)29-18(4)14-27;/h6-9,16-18,21H,10-15H2,1-5H3,(H,24,25);1H. The molecule has 3 rings (SSSR count). The van der Waals surface area contributed by atoms with E-state index in [1.807, 2.05) is 50.1 Å².